The Morgan fingerprint density at radius 1 is 1.47 bits per heavy atom. The van der Waals surface area contributed by atoms with E-state index in [1.165, 1.54) is 31.9 Å². The van der Waals surface area contributed by atoms with Gasteiger partial charge in [-0.3, -0.25) is 4.99 Å². The van der Waals surface area contributed by atoms with Crippen molar-refractivity contribution in [2.45, 2.75) is 44.2 Å². The molecule has 1 saturated carbocycles. The molecule has 0 bridgehead atoms. The van der Waals surface area contributed by atoms with Gasteiger partial charge in [-0.25, -0.2) is 8.42 Å². The number of aliphatic imine (C=N–C) groups is 1. The predicted molar refractivity (Wildman–Crippen MR) is 73.4 cm³/mol. The van der Waals surface area contributed by atoms with Crippen LogP contribution in [0.4, 0.5) is 0 Å². The molecule has 17 heavy (non-hydrogen) atoms. The average Bonchev–Trinajstić information content (AvgIpc) is 2.75. The number of hydrogen-bond donors (Lipinski definition) is 1. The Hall–Kier alpha value is -0.230. The van der Waals surface area contributed by atoms with Crippen molar-refractivity contribution in [3.8, 4) is 0 Å². The van der Waals surface area contributed by atoms with Crippen molar-refractivity contribution < 1.29 is 8.42 Å². The Balaban J connectivity index is 1.95. The van der Waals surface area contributed by atoms with Gasteiger partial charge in [0.1, 0.15) is 9.84 Å². The van der Waals surface area contributed by atoms with Gasteiger partial charge in [0.05, 0.1) is 11.8 Å². The molecule has 0 aromatic rings. The molecule has 2 aliphatic rings. The predicted octanol–water partition coefficient (Wildman–Crippen LogP) is 1.42. The molecule has 1 aliphatic carbocycles. The quantitative estimate of drug-likeness (QED) is 0.847. The van der Waals surface area contributed by atoms with Crippen LogP contribution < -0.4 is 5.32 Å². The van der Waals surface area contributed by atoms with Gasteiger partial charge in [-0.2, -0.15) is 0 Å². The zero-order chi connectivity index (χ0) is 12.5. The van der Waals surface area contributed by atoms with Crippen molar-refractivity contribution in [1.82, 2.24) is 5.32 Å². The molecule has 2 rings (SSSR count). The van der Waals surface area contributed by atoms with Gasteiger partial charge in [-0.1, -0.05) is 24.6 Å². The van der Waals surface area contributed by atoms with Crippen LogP contribution in [-0.4, -0.2) is 42.9 Å². The zero-order valence-electron chi connectivity index (χ0n) is 10.4. The lowest BCUT2D eigenvalue weighted by molar-refractivity contribution is 0.452. The number of sulfone groups is 1. The number of amidine groups is 1. The summed E-state index contributed by atoms with van der Waals surface area (Å²) in [6, 6.07) is -0.156. The van der Waals surface area contributed by atoms with Crippen LogP contribution in [0, 0.1) is 0 Å². The molecule has 0 amide bonds. The van der Waals surface area contributed by atoms with E-state index >= 15 is 0 Å². The number of hydrogen-bond acceptors (Lipinski definition) is 4. The minimum Gasteiger partial charge on any atom is -0.359 e. The lowest BCUT2D eigenvalue weighted by Gasteiger charge is -2.22. The maximum absolute atomic E-state index is 11.2. The van der Waals surface area contributed by atoms with Crippen LogP contribution >= 0.6 is 11.8 Å². The summed E-state index contributed by atoms with van der Waals surface area (Å²) in [5, 5.41) is 4.43. The molecule has 0 radical (unpaired) electrons. The van der Waals surface area contributed by atoms with E-state index in [0.717, 1.165) is 10.9 Å². The van der Waals surface area contributed by atoms with E-state index in [4.69, 9.17) is 0 Å². The maximum atomic E-state index is 11.2. The largest absolute Gasteiger partial charge is 0.359 e. The molecule has 6 heteroatoms. The van der Waals surface area contributed by atoms with Crippen molar-refractivity contribution in [2.24, 2.45) is 4.99 Å². The number of rotatable bonds is 3. The summed E-state index contributed by atoms with van der Waals surface area (Å²) in [6.07, 6.45) is 6.29. The van der Waals surface area contributed by atoms with Crippen molar-refractivity contribution >= 4 is 26.8 Å². The first-order valence-electron chi connectivity index (χ1n) is 6.05. The fraction of sp³-hybridized carbons (Fsp3) is 0.909. The molecule has 1 N–H and O–H groups in total. The summed E-state index contributed by atoms with van der Waals surface area (Å²) in [7, 11) is -2.94. The van der Waals surface area contributed by atoms with Gasteiger partial charge in [-0.15, -0.1) is 0 Å². The van der Waals surface area contributed by atoms with Gasteiger partial charge < -0.3 is 5.32 Å². The van der Waals surface area contributed by atoms with Gasteiger partial charge in [0, 0.05) is 17.5 Å². The van der Waals surface area contributed by atoms with Crippen LogP contribution in [0.25, 0.3) is 0 Å². The molecule has 98 valence electrons. The Morgan fingerprint density at radius 3 is 2.71 bits per heavy atom. The molecule has 1 spiro atoms. The number of nitrogens with zero attached hydrogens (tertiary/aromatic N) is 1. The van der Waals surface area contributed by atoms with E-state index in [0.29, 0.717) is 0 Å². The second-order valence-electron chi connectivity index (χ2n) is 5.28. The fourth-order valence-corrected chi connectivity index (χ4v) is 4.84. The fourth-order valence-electron chi connectivity index (χ4n) is 2.57. The minimum atomic E-state index is -2.94. The number of nitrogens with one attached hydrogen (secondary N) is 1. The lowest BCUT2D eigenvalue weighted by atomic mass is 10.0. The van der Waals surface area contributed by atoms with Gasteiger partial charge in [0.2, 0.25) is 0 Å². The van der Waals surface area contributed by atoms with Crippen LogP contribution in [-0.2, 0) is 9.84 Å². The van der Waals surface area contributed by atoms with Crippen molar-refractivity contribution in [1.29, 1.82) is 0 Å². The van der Waals surface area contributed by atoms with Gasteiger partial charge in [0.15, 0.2) is 5.17 Å². The lowest BCUT2D eigenvalue weighted by Crippen LogP contribution is -2.41. The third kappa shape index (κ3) is 3.61. The van der Waals surface area contributed by atoms with Crippen molar-refractivity contribution in [2.75, 3.05) is 17.8 Å². The van der Waals surface area contributed by atoms with Crippen molar-refractivity contribution in [3.63, 3.8) is 0 Å². The van der Waals surface area contributed by atoms with Gasteiger partial charge in [0.25, 0.3) is 0 Å². The average molecular weight is 276 g/mol. The third-order valence-corrected chi connectivity index (χ3v) is 5.57. The Kier molecular flexibility index (Phi) is 3.73. The molecule has 1 heterocycles. The first kappa shape index (κ1) is 13.2. The summed E-state index contributed by atoms with van der Waals surface area (Å²) >= 11 is 1.74. The highest BCUT2D eigenvalue weighted by molar-refractivity contribution is 8.14. The summed E-state index contributed by atoms with van der Waals surface area (Å²) in [5.74, 6) is 1.21. The van der Waals surface area contributed by atoms with Crippen molar-refractivity contribution in [3.05, 3.63) is 0 Å². The molecular weight excluding hydrogens is 256 g/mol. The van der Waals surface area contributed by atoms with E-state index in [2.05, 4.69) is 10.3 Å². The van der Waals surface area contributed by atoms with E-state index in [9.17, 15) is 8.42 Å². The summed E-state index contributed by atoms with van der Waals surface area (Å²) in [6.45, 7) is 1.86. The normalized spacial score (nSPS) is 27.5. The molecule has 1 unspecified atom stereocenters. The second kappa shape index (κ2) is 4.80. The summed E-state index contributed by atoms with van der Waals surface area (Å²) in [4.78, 5) is 4.47. The summed E-state index contributed by atoms with van der Waals surface area (Å²) < 4.78 is 22.3. The second-order valence-corrected chi connectivity index (χ2v) is 8.43. The molecule has 0 aromatic carbocycles. The van der Waals surface area contributed by atoms with E-state index < -0.39 is 9.84 Å². The molecule has 1 aliphatic heterocycles. The monoisotopic (exact) mass is 276 g/mol. The maximum Gasteiger partial charge on any atom is 0.157 e. The van der Waals surface area contributed by atoms with Gasteiger partial charge in [-0.05, 0) is 19.8 Å². The summed E-state index contributed by atoms with van der Waals surface area (Å²) in [5.41, 5.74) is 0.258. The van der Waals surface area contributed by atoms with Crippen LogP contribution in [0.1, 0.15) is 32.6 Å². The van der Waals surface area contributed by atoms with Crippen LogP contribution in [0.5, 0.6) is 0 Å². The molecule has 1 atom stereocenters. The zero-order valence-corrected chi connectivity index (χ0v) is 12.0. The smallest absolute Gasteiger partial charge is 0.157 e. The topological polar surface area (TPSA) is 58.5 Å². The molecule has 1 saturated heterocycles. The van der Waals surface area contributed by atoms with E-state index in [1.807, 2.05) is 6.92 Å². The Labute approximate surface area is 108 Å². The number of thioether (sulfide) groups is 1. The highest BCUT2D eigenvalue weighted by Crippen LogP contribution is 2.37. The molecule has 4 nitrogen and oxygen atoms in total. The van der Waals surface area contributed by atoms with Crippen LogP contribution in [0.15, 0.2) is 4.99 Å². The highest BCUT2D eigenvalue weighted by Gasteiger charge is 2.39. The Morgan fingerprint density at radius 2 is 2.12 bits per heavy atom. The Bertz CT molecular complexity index is 411. The standard InChI is InChI=1S/C11H20N2O2S2/c1-9(7-17(2,14)15)12-10-13-11(8-16-10)5-3-4-6-11/h9H,3-8H2,1-2H3,(H,12,13). The SMILES string of the molecule is CC(CS(C)(=O)=O)N=C1NC2(CCCC2)CS1. The molecule has 2 fully saturated rings. The highest BCUT2D eigenvalue weighted by atomic mass is 32.2. The third-order valence-electron chi connectivity index (χ3n) is 3.30. The van der Waals surface area contributed by atoms with E-state index in [-0.39, 0.29) is 17.3 Å². The van der Waals surface area contributed by atoms with Crippen LogP contribution in [0.3, 0.4) is 0 Å². The first-order valence-corrected chi connectivity index (χ1v) is 9.10. The molecular formula is C11H20N2O2S2. The first-order chi connectivity index (χ1) is 7.89. The van der Waals surface area contributed by atoms with Crippen LogP contribution in [0.2, 0.25) is 0 Å². The van der Waals surface area contributed by atoms with Gasteiger partial charge >= 0.3 is 0 Å². The minimum absolute atomic E-state index is 0.131. The van der Waals surface area contributed by atoms with E-state index in [1.54, 1.807) is 11.8 Å². The molecule has 0 aromatic heterocycles.